The summed E-state index contributed by atoms with van der Waals surface area (Å²) in [5.41, 5.74) is 0.687. The number of hydrogen-bond acceptors (Lipinski definition) is 3. The molecule has 0 spiro atoms. The minimum atomic E-state index is -3.55. The molecule has 22 heavy (non-hydrogen) atoms. The molecule has 0 radical (unpaired) electrons. The van der Waals surface area contributed by atoms with Crippen LogP contribution >= 0.6 is 0 Å². The predicted octanol–water partition coefficient (Wildman–Crippen LogP) is 3.13. The average molecular weight is 321 g/mol. The van der Waals surface area contributed by atoms with Crippen molar-refractivity contribution in [1.82, 2.24) is 0 Å². The number of aryl methyl sites for hydroxylation is 1. The summed E-state index contributed by atoms with van der Waals surface area (Å²) < 4.78 is 27.8. The summed E-state index contributed by atoms with van der Waals surface area (Å²) in [5, 5.41) is 0. The van der Waals surface area contributed by atoms with Crippen LogP contribution in [0, 0.1) is 23.7 Å². The maximum atomic E-state index is 12.6. The highest BCUT2D eigenvalue weighted by Crippen LogP contribution is 2.64. The van der Waals surface area contributed by atoms with Crippen LogP contribution in [0.5, 0.6) is 0 Å². The lowest BCUT2D eigenvalue weighted by Gasteiger charge is -2.36. The number of fused-ring (bicyclic) bond motifs is 2. The van der Waals surface area contributed by atoms with Gasteiger partial charge in [0.15, 0.2) is 0 Å². The van der Waals surface area contributed by atoms with Gasteiger partial charge in [-0.05, 0) is 43.2 Å². The van der Waals surface area contributed by atoms with E-state index in [1.54, 1.807) is 12.1 Å². The van der Waals surface area contributed by atoms with Gasteiger partial charge in [0.25, 0.3) is 0 Å². The highest BCUT2D eigenvalue weighted by molar-refractivity contribution is 7.92. The average Bonchev–Trinajstić information content (AvgIpc) is 2.74. The van der Waals surface area contributed by atoms with E-state index in [1.807, 2.05) is 19.1 Å². The Morgan fingerprint density at radius 2 is 1.86 bits per heavy atom. The number of carbonyl (C=O) groups is 1. The molecule has 4 nitrogen and oxygen atoms in total. The molecule has 2 saturated carbocycles. The largest absolute Gasteiger partial charge is 0.299 e. The zero-order valence-corrected chi connectivity index (χ0v) is 14.2. The van der Waals surface area contributed by atoms with Gasteiger partial charge in [-0.1, -0.05) is 31.5 Å². The molecule has 120 valence electrons. The maximum absolute atomic E-state index is 12.6. The number of ketones is 1. The van der Waals surface area contributed by atoms with Crippen LogP contribution in [0.4, 0.5) is 5.69 Å². The SMILES string of the molecule is Cc1ccc(NS(=O)(=O)C[C@]23CC[C@@H](CC2=O)C3(C)C)cc1. The van der Waals surface area contributed by atoms with Crippen LogP contribution in [0.3, 0.4) is 0 Å². The van der Waals surface area contributed by atoms with Crippen molar-refractivity contribution < 1.29 is 13.2 Å². The fourth-order valence-electron chi connectivity index (χ4n) is 4.27. The Bertz CT molecular complexity index is 706. The monoisotopic (exact) mass is 321 g/mol. The van der Waals surface area contributed by atoms with Crippen LogP contribution in [-0.4, -0.2) is 20.0 Å². The van der Waals surface area contributed by atoms with Crippen LogP contribution in [0.25, 0.3) is 0 Å². The zero-order valence-electron chi connectivity index (χ0n) is 13.3. The van der Waals surface area contributed by atoms with E-state index in [0.29, 0.717) is 24.4 Å². The standard InChI is InChI=1S/C17H23NO3S/c1-12-4-6-14(7-5-12)18-22(20,21)11-17-9-8-13(10-15(17)19)16(17,2)3/h4-7,13,18H,8-11H2,1-3H3/t13-,17+/m0/s1. The summed E-state index contributed by atoms with van der Waals surface area (Å²) in [7, 11) is -3.55. The Kier molecular flexibility index (Phi) is 3.40. The number of Topliss-reactive ketones (excluding diaryl/α,β-unsaturated/α-hetero) is 1. The first-order valence-electron chi connectivity index (χ1n) is 7.77. The van der Waals surface area contributed by atoms with Crippen molar-refractivity contribution >= 4 is 21.5 Å². The Morgan fingerprint density at radius 1 is 1.23 bits per heavy atom. The first-order valence-corrected chi connectivity index (χ1v) is 9.42. The fourth-order valence-corrected chi connectivity index (χ4v) is 6.16. The van der Waals surface area contributed by atoms with Gasteiger partial charge >= 0.3 is 0 Å². The van der Waals surface area contributed by atoms with Crippen molar-refractivity contribution in [1.29, 1.82) is 0 Å². The van der Waals surface area contributed by atoms with E-state index >= 15 is 0 Å². The van der Waals surface area contributed by atoms with Crippen molar-refractivity contribution in [2.45, 2.75) is 40.0 Å². The molecular weight excluding hydrogens is 298 g/mol. The van der Waals surface area contributed by atoms with E-state index in [-0.39, 0.29) is 17.0 Å². The summed E-state index contributed by atoms with van der Waals surface area (Å²) in [6.07, 6.45) is 2.18. The molecule has 1 aromatic rings. The third-order valence-corrected chi connectivity index (χ3v) is 7.32. The van der Waals surface area contributed by atoms with Gasteiger partial charge in [-0.25, -0.2) is 8.42 Å². The summed E-state index contributed by atoms with van der Waals surface area (Å²) >= 11 is 0. The number of anilines is 1. The number of hydrogen-bond donors (Lipinski definition) is 1. The first-order chi connectivity index (χ1) is 10.2. The molecule has 0 amide bonds. The highest BCUT2D eigenvalue weighted by atomic mass is 32.2. The van der Waals surface area contributed by atoms with Gasteiger partial charge in [-0.2, -0.15) is 0 Å². The number of sulfonamides is 1. The molecule has 0 saturated heterocycles. The van der Waals surface area contributed by atoms with Gasteiger partial charge in [0, 0.05) is 12.1 Å². The second-order valence-corrected chi connectivity index (χ2v) is 9.12. The Balaban J connectivity index is 1.85. The third kappa shape index (κ3) is 2.26. The van der Waals surface area contributed by atoms with Gasteiger partial charge in [0.1, 0.15) is 5.78 Å². The molecule has 3 rings (SSSR count). The minimum absolute atomic E-state index is 0.101. The molecule has 2 aliphatic carbocycles. The molecule has 2 bridgehead atoms. The maximum Gasteiger partial charge on any atom is 0.233 e. The van der Waals surface area contributed by atoms with Gasteiger partial charge in [-0.3, -0.25) is 9.52 Å². The van der Waals surface area contributed by atoms with E-state index < -0.39 is 15.4 Å². The summed E-state index contributed by atoms with van der Waals surface area (Å²) in [5.74, 6) is 0.355. The van der Waals surface area contributed by atoms with E-state index in [1.165, 1.54) is 0 Å². The molecule has 0 unspecified atom stereocenters. The van der Waals surface area contributed by atoms with Gasteiger partial charge in [0.2, 0.25) is 10.0 Å². The topological polar surface area (TPSA) is 63.2 Å². The van der Waals surface area contributed by atoms with Crippen molar-refractivity contribution in [2.75, 3.05) is 10.5 Å². The van der Waals surface area contributed by atoms with Crippen LogP contribution in [0.2, 0.25) is 0 Å². The first kappa shape index (κ1) is 15.5. The molecule has 2 atom stereocenters. The highest BCUT2D eigenvalue weighted by Gasteiger charge is 2.65. The van der Waals surface area contributed by atoms with Crippen molar-refractivity contribution in [2.24, 2.45) is 16.7 Å². The third-order valence-electron chi connectivity index (χ3n) is 5.90. The van der Waals surface area contributed by atoms with E-state index in [4.69, 9.17) is 0 Å². The Morgan fingerprint density at radius 3 is 2.36 bits per heavy atom. The predicted molar refractivity (Wildman–Crippen MR) is 87.2 cm³/mol. The summed E-state index contributed by atoms with van der Waals surface area (Å²) in [6, 6.07) is 7.24. The lowest BCUT2D eigenvalue weighted by atomic mass is 9.70. The molecule has 1 N–H and O–H groups in total. The second-order valence-electron chi connectivity index (χ2n) is 7.39. The fraction of sp³-hybridized carbons (Fsp3) is 0.588. The van der Waals surface area contributed by atoms with E-state index in [9.17, 15) is 13.2 Å². The molecule has 0 aromatic heterocycles. The van der Waals surface area contributed by atoms with Crippen molar-refractivity contribution in [3.8, 4) is 0 Å². The number of nitrogens with one attached hydrogen (secondary N) is 1. The molecule has 5 heteroatoms. The van der Waals surface area contributed by atoms with Gasteiger partial charge in [0.05, 0.1) is 11.2 Å². The van der Waals surface area contributed by atoms with Crippen molar-refractivity contribution in [3.63, 3.8) is 0 Å². The normalized spacial score (nSPS) is 29.8. The van der Waals surface area contributed by atoms with Crippen molar-refractivity contribution in [3.05, 3.63) is 29.8 Å². The minimum Gasteiger partial charge on any atom is -0.299 e. The molecular formula is C17H23NO3S. The smallest absolute Gasteiger partial charge is 0.233 e. The van der Waals surface area contributed by atoms with E-state index in [2.05, 4.69) is 18.6 Å². The molecule has 0 heterocycles. The van der Waals surface area contributed by atoms with Crippen LogP contribution < -0.4 is 4.72 Å². The number of carbonyl (C=O) groups excluding carboxylic acids is 1. The Labute approximate surface area is 132 Å². The molecule has 2 fully saturated rings. The summed E-state index contributed by atoms with van der Waals surface area (Å²) in [6.45, 7) is 6.06. The zero-order chi connectivity index (χ0) is 16.2. The second kappa shape index (κ2) is 4.82. The Hall–Kier alpha value is -1.36. The van der Waals surface area contributed by atoms with E-state index in [0.717, 1.165) is 12.0 Å². The molecule has 2 aliphatic rings. The van der Waals surface area contributed by atoms with Crippen LogP contribution in [-0.2, 0) is 14.8 Å². The lowest BCUT2D eigenvalue weighted by Crippen LogP contribution is -2.43. The summed E-state index contributed by atoms with van der Waals surface area (Å²) in [4.78, 5) is 12.5. The molecule has 1 aromatic carbocycles. The van der Waals surface area contributed by atoms with Gasteiger partial charge in [-0.15, -0.1) is 0 Å². The lowest BCUT2D eigenvalue weighted by molar-refractivity contribution is -0.128. The number of benzene rings is 1. The van der Waals surface area contributed by atoms with Crippen LogP contribution in [0.15, 0.2) is 24.3 Å². The van der Waals surface area contributed by atoms with Gasteiger partial charge < -0.3 is 0 Å². The quantitative estimate of drug-likeness (QED) is 0.926. The molecule has 0 aliphatic heterocycles. The number of rotatable bonds is 4. The van der Waals surface area contributed by atoms with Crippen LogP contribution in [0.1, 0.15) is 38.7 Å².